The molecule has 0 amide bonds. The zero-order valence-corrected chi connectivity index (χ0v) is 9.97. The molecule has 0 radical (unpaired) electrons. The minimum Gasteiger partial charge on any atom is -0.316 e. The van der Waals surface area contributed by atoms with Crippen LogP contribution >= 0.6 is 0 Å². The van der Waals surface area contributed by atoms with Crippen molar-refractivity contribution in [3.63, 3.8) is 0 Å². The van der Waals surface area contributed by atoms with Gasteiger partial charge in [-0.15, -0.1) is 0 Å². The van der Waals surface area contributed by atoms with E-state index in [0.29, 0.717) is 0 Å². The molecule has 0 unspecified atom stereocenters. The second kappa shape index (κ2) is 5.01. The van der Waals surface area contributed by atoms with Gasteiger partial charge in [-0.3, -0.25) is 4.90 Å². The Morgan fingerprint density at radius 2 is 1.67 bits per heavy atom. The van der Waals surface area contributed by atoms with Crippen LogP contribution in [0.2, 0.25) is 0 Å². The van der Waals surface area contributed by atoms with Gasteiger partial charge >= 0.3 is 0 Å². The summed E-state index contributed by atoms with van der Waals surface area (Å²) in [5.74, 6) is 6.72. The second-order valence-corrected chi connectivity index (χ2v) is 5.27. The Balaban J connectivity index is 1.69. The third-order valence-electron chi connectivity index (χ3n) is 3.73. The topological polar surface area (TPSA) is 3.24 Å². The normalized spacial score (nSPS) is 25.1. The molecule has 2 aliphatic rings. The summed E-state index contributed by atoms with van der Waals surface area (Å²) in [7, 11) is 2.34. The molecule has 0 atom stereocenters. The van der Waals surface area contributed by atoms with Gasteiger partial charge in [0.05, 0.1) is 26.7 Å². The van der Waals surface area contributed by atoms with Gasteiger partial charge in [0.25, 0.3) is 0 Å². The highest BCUT2D eigenvalue weighted by Gasteiger charge is 2.25. The fourth-order valence-electron chi connectivity index (χ4n) is 2.61. The van der Waals surface area contributed by atoms with E-state index in [1.807, 2.05) is 0 Å². The molecule has 0 aromatic rings. The van der Waals surface area contributed by atoms with Crippen molar-refractivity contribution >= 4 is 0 Å². The van der Waals surface area contributed by atoms with Crippen LogP contribution < -0.4 is 0 Å². The van der Waals surface area contributed by atoms with Gasteiger partial charge in [-0.1, -0.05) is 5.92 Å². The number of quaternary nitrogens is 1. The molecule has 0 N–H and O–H groups in total. The van der Waals surface area contributed by atoms with Crippen molar-refractivity contribution in [3.8, 4) is 11.8 Å². The van der Waals surface area contributed by atoms with Gasteiger partial charge in [-0.25, -0.2) is 0 Å². The average Bonchev–Trinajstić information content (AvgIpc) is 2.84. The quantitative estimate of drug-likeness (QED) is 0.488. The van der Waals surface area contributed by atoms with Crippen molar-refractivity contribution in [1.82, 2.24) is 4.90 Å². The Hall–Kier alpha value is -0.520. The van der Waals surface area contributed by atoms with Crippen molar-refractivity contribution in [2.75, 3.05) is 46.3 Å². The summed E-state index contributed by atoms with van der Waals surface area (Å²) in [5, 5.41) is 0. The van der Waals surface area contributed by atoms with E-state index in [1.54, 1.807) is 0 Å². The van der Waals surface area contributed by atoms with Gasteiger partial charge in [-0.05, 0) is 31.9 Å². The van der Waals surface area contributed by atoms with E-state index in [1.165, 1.54) is 56.3 Å². The molecule has 2 aliphatic heterocycles. The summed E-state index contributed by atoms with van der Waals surface area (Å²) in [6, 6.07) is 0. The van der Waals surface area contributed by atoms with Crippen LogP contribution in [0.5, 0.6) is 0 Å². The standard InChI is InChI=1S/C13H23N2/c1-15(12-6-7-13-15)11-5-4-10-14-8-2-3-9-14/h2-3,6-13H2,1H3/q+1. The first-order chi connectivity index (χ1) is 7.29. The van der Waals surface area contributed by atoms with Crippen LogP contribution in [-0.4, -0.2) is 55.7 Å². The largest absolute Gasteiger partial charge is 0.316 e. The summed E-state index contributed by atoms with van der Waals surface area (Å²) in [5.41, 5.74) is 0. The average molecular weight is 207 g/mol. The first-order valence-electron chi connectivity index (χ1n) is 6.30. The maximum Gasteiger partial charge on any atom is 0.140 e. The maximum atomic E-state index is 3.38. The Morgan fingerprint density at radius 3 is 2.33 bits per heavy atom. The van der Waals surface area contributed by atoms with Crippen molar-refractivity contribution in [3.05, 3.63) is 0 Å². The Kier molecular flexibility index (Phi) is 3.66. The lowest BCUT2D eigenvalue weighted by Gasteiger charge is -2.26. The van der Waals surface area contributed by atoms with E-state index >= 15 is 0 Å². The molecule has 0 aromatic heterocycles. The molecule has 0 saturated carbocycles. The van der Waals surface area contributed by atoms with Gasteiger partial charge in [0.15, 0.2) is 0 Å². The van der Waals surface area contributed by atoms with Crippen LogP contribution in [0.3, 0.4) is 0 Å². The summed E-state index contributed by atoms with van der Waals surface area (Å²) in [6.45, 7) is 7.26. The highest BCUT2D eigenvalue weighted by molar-refractivity contribution is 5.02. The van der Waals surface area contributed by atoms with Crippen LogP contribution in [0.15, 0.2) is 0 Å². The van der Waals surface area contributed by atoms with Crippen LogP contribution in [0, 0.1) is 11.8 Å². The van der Waals surface area contributed by atoms with Crippen LogP contribution in [0.25, 0.3) is 0 Å². The Morgan fingerprint density at radius 1 is 1.00 bits per heavy atom. The van der Waals surface area contributed by atoms with E-state index in [9.17, 15) is 0 Å². The van der Waals surface area contributed by atoms with Gasteiger partial charge in [0, 0.05) is 12.8 Å². The molecule has 2 fully saturated rings. The molecule has 0 aromatic carbocycles. The Bertz CT molecular complexity index is 249. The van der Waals surface area contributed by atoms with E-state index < -0.39 is 0 Å². The minimum absolute atomic E-state index is 1.00. The third-order valence-corrected chi connectivity index (χ3v) is 3.73. The predicted octanol–water partition coefficient (Wildman–Crippen LogP) is 1.33. The molecule has 84 valence electrons. The first-order valence-corrected chi connectivity index (χ1v) is 6.30. The lowest BCUT2D eigenvalue weighted by atomic mass is 10.4. The molecular formula is C13H23N2+. The lowest BCUT2D eigenvalue weighted by Crippen LogP contribution is -2.41. The van der Waals surface area contributed by atoms with Gasteiger partial charge in [0.2, 0.25) is 0 Å². The molecule has 2 rings (SSSR count). The molecule has 0 spiro atoms. The van der Waals surface area contributed by atoms with Gasteiger partial charge in [0.1, 0.15) is 6.54 Å². The lowest BCUT2D eigenvalue weighted by molar-refractivity contribution is -0.890. The molecule has 0 aliphatic carbocycles. The summed E-state index contributed by atoms with van der Waals surface area (Å²) in [6.07, 6.45) is 5.53. The van der Waals surface area contributed by atoms with E-state index in [-0.39, 0.29) is 0 Å². The summed E-state index contributed by atoms with van der Waals surface area (Å²) in [4.78, 5) is 2.47. The molecule has 2 saturated heterocycles. The smallest absolute Gasteiger partial charge is 0.140 e. The molecule has 2 nitrogen and oxygen atoms in total. The molecular weight excluding hydrogens is 184 g/mol. The zero-order chi connectivity index (χ0) is 10.6. The van der Waals surface area contributed by atoms with Crippen molar-refractivity contribution in [1.29, 1.82) is 0 Å². The fourth-order valence-corrected chi connectivity index (χ4v) is 2.61. The maximum absolute atomic E-state index is 3.38. The molecule has 2 heterocycles. The highest BCUT2D eigenvalue weighted by Crippen LogP contribution is 2.14. The second-order valence-electron chi connectivity index (χ2n) is 5.27. The van der Waals surface area contributed by atoms with Crippen molar-refractivity contribution < 1.29 is 4.48 Å². The predicted molar refractivity (Wildman–Crippen MR) is 63.5 cm³/mol. The monoisotopic (exact) mass is 207 g/mol. The van der Waals surface area contributed by atoms with Gasteiger partial charge in [-0.2, -0.15) is 0 Å². The van der Waals surface area contributed by atoms with E-state index in [2.05, 4.69) is 23.8 Å². The molecule has 0 bridgehead atoms. The summed E-state index contributed by atoms with van der Waals surface area (Å²) < 4.78 is 1.19. The number of hydrogen-bond donors (Lipinski definition) is 0. The minimum atomic E-state index is 1.00. The SMILES string of the molecule is C[N+]1(CC#CCN2CCCC2)CCCC1. The number of rotatable bonds is 2. The van der Waals surface area contributed by atoms with E-state index in [4.69, 9.17) is 0 Å². The first kappa shape index (κ1) is 11.0. The molecule has 15 heavy (non-hydrogen) atoms. The van der Waals surface area contributed by atoms with Crippen LogP contribution in [0.4, 0.5) is 0 Å². The number of likely N-dealkylation sites (tertiary alicyclic amines) is 2. The van der Waals surface area contributed by atoms with Crippen LogP contribution in [0.1, 0.15) is 25.7 Å². The van der Waals surface area contributed by atoms with E-state index in [0.717, 1.165) is 13.1 Å². The zero-order valence-electron chi connectivity index (χ0n) is 9.97. The van der Waals surface area contributed by atoms with Crippen molar-refractivity contribution in [2.45, 2.75) is 25.7 Å². The number of hydrogen-bond acceptors (Lipinski definition) is 1. The van der Waals surface area contributed by atoms with Crippen LogP contribution in [-0.2, 0) is 0 Å². The van der Waals surface area contributed by atoms with Gasteiger partial charge < -0.3 is 4.48 Å². The third kappa shape index (κ3) is 3.22. The van der Waals surface area contributed by atoms with Crippen molar-refractivity contribution in [2.24, 2.45) is 0 Å². The highest BCUT2D eigenvalue weighted by atomic mass is 15.3. The number of nitrogens with zero attached hydrogens (tertiary/aromatic N) is 2. The molecule has 2 heteroatoms. The fraction of sp³-hybridized carbons (Fsp3) is 0.846. The Labute approximate surface area is 93.8 Å². The summed E-state index contributed by atoms with van der Waals surface area (Å²) >= 11 is 0.